The predicted molar refractivity (Wildman–Crippen MR) is 81.0 cm³/mol. The Morgan fingerprint density at radius 1 is 1.44 bits per heavy atom. The molecule has 1 aromatic rings. The van der Waals surface area contributed by atoms with Gasteiger partial charge in [0.2, 0.25) is 0 Å². The summed E-state index contributed by atoms with van der Waals surface area (Å²) in [7, 11) is 0. The molecule has 2 N–H and O–H groups in total. The molecular weight excluding hydrogens is 240 g/mol. The first kappa shape index (κ1) is 13.5. The van der Waals surface area contributed by atoms with Crippen LogP contribution in [0.3, 0.4) is 0 Å². The average Bonchev–Trinajstić information content (AvgIpc) is 2.28. The van der Waals surface area contributed by atoms with Gasteiger partial charge in [0.25, 0.3) is 0 Å². The number of hydrogen-bond donors (Lipinski definition) is 1. The molecule has 1 unspecified atom stereocenters. The SMILES string of the molecule is CC(C)N(CCC(N)=S)CC1Cc2ccccc21. The maximum atomic E-state index is 5.60. The first-order valence-corrected chi connectivity index (χ1v) is 7.09. The van der Waals surface area contributed by atoms with Crippen molar-refractivity contribution in [1.29, 1.82) is 0 Å². The molecule has 0 aromatic heterocycles. The average molecular weight is 262 g/mol. The topological polar surface area (TPSA) is 29.3 Å². The summed E-state index contributed by atoms with van der Waals surface area (Å²) in [6.07, 6.45) is 2.04. The Balaban J connectivity index is 1.93. The van der Waals surface area contributed by atoms with Crippen molar-refractivity contribution < 1.29 is 0 Å². The second kappa shape index (κ2) is 5.81. The van der Waals surface area contributed by atoms with Crippen LogP contribution in [0.1, 0.15) is 37.3 Å². The van der Waals surface area contributed by atoms with Crippen LogP contribution in [-0.2, 0) is 6.42 Å². The Morgan fingerprint density at radius 2 is 2.17 bits per heavy atom. The van der Waals surface area contributed by atoms with E-state index in [1.54, 1.807) is 0 Å². The number of hydrogen-bond acceptors (Lipinski definition) is 2. The molecule has 0 spiro atoms. The quantitative estimate of drug-likeness (QED) is 0.799. The summed E-state index contributed by atoms with van der Waals surface area (Å²) >= 11 is 4.97. The first-order valence-electron chi connectivity index (χ1n) is 6.68. The van der Waals surface area contributed by atoms with Crippen LogP contribution in [0.4, 0.5) is 0 Å². The summed E-state index contributed by atoms with van der Waals surface area (Å²) in [6.45, 7) is 6.58. The van der Waals surface area contributed by atoms with Crippen molar-refractivity contribution >= 4 is 17.2 Å². The highest BCUT2D eigenvalue weighted by molar-refractivity contribution is 7.80. The van der Waals surface area contributed by atoms with Crippen LogP contribution < -0.4 is 5.73 Å². The normalized spacial score (nSPS) is 17.7. The van der Waals surface area contributed by atoms with Crippen LogP contribution in [0, 0.1) is 0 Å². The molecule has 1 aromatic carbocycles. The molecule has 0 radical (unpaired) electrons. The van der Waals surface area contributed by atoms with Crippen LogP contribution >= 0.6 is 12.2 Å². The molecule has 1 atom stereocenters. The Bertz CT molecular complexity index is 428. The summed E-state index contributed by atoms with van der Waals surface area (Å²) in [5, 5.41) is 0. The second-order valence-corrected chi connectivity index (χ2v) is 5.93. The molecule has 0 heterocycles. The maximum absolute atomic E-state index is 5.60. The van der Waals surface area contributed by atoms with Crippen molar-refractivity contribution in [2.75, 3.05) is 13.1 Å². The van der Waals surface area contributed by atoms with Crippen LogP contribution in [0.2, 0.25) is 0 Å². The fraction of sp³-hybridized carbons (Fsp3) is 0.533. The Kier molecular flexibility index (Phi) is 4.36. The lowest BCUT2D eigenvalue weighted by molar-refractivity contribution is 0.207. The molecule has 0 saturated heterocycles. The van der Waals surface area contributed by atoms with E-state index in [0.29, 0.717) is 16.9 Å². The predicted octanol–water partition coefficient (Wildman–Crippen LogP) is 2.71. The van der Waals surface area contributed by atoms with E-state index in [-0.39, 0.29) is 0 Å². The second-order valence-electron chi connectivity index (χ2n) is 5.40. The molecule has 2 nitrogen and oxygen atoms in total. The lowest BCUT2D eigenvalue weighted by Gasteiger charge is -2.36. The lowest BCUT2D eigenvalue weighted by atomic mass is 9.77. The van der Waals surface area contributed by atoms with Crippen LogP contribution in [-0.4, -0.2) is 29.0 Å². The molecule has 1 aliphatic rings. The van der Waals surface area contributed by atoms with Gasteiger partial charge in [0.1, 0.15) is 0 Å². The minimum absolute atomic E-state index is 0.548. The molecule has 2 rings (SSSR count). The van der Waals surface area contributed by atoms with E-state index in [1.165, 1.54) is 17.5 Å². The van der Waals surface area contributed by atoms with Gasteiger partial charge in [0.05, 0.1) is 4.99 Å². The summed E-state index contributed by atoms with van der Waals surface area (Å²) in [4.78, 5) is 3.11. The van der Waals surface area contributed by atoms with Gasteiger partial charge in [0, 0.05) is 31.5 Å². The molecule has 3 heteroatoms. The third-order valence-corrected chi connectivity index (χ3v) is 4.00. The molecule has 0 saturated carbocycles. The van der Waals surface area contributed by atoms with Gasteiger partial charge in [0.15, 0.2) is 0 Å². The first-order chi connectivity index (χ1) is 8.58. The van der Waals surface area contributed by atoms with E-state index in [4.69, 9.17) is 18.0 Å². The van der Waals surface area contributed by atoms with Crippen molar-refractivity contribution in [1.82, 2.24) is 4.90 Å². The smallest absolute Gasteiger partial charge is 0.0740 e. The molecule has 0 amide bonds. The molecule has 0 aliphatic heterocycles. The van der Waals surface area contributed by atoms with Gasteiger partial charge in [-0.2, -0.15) is 0 Å². The number of nitrogens with two attached hydrogens (primary N) is 1. The van der Waals surface area contributed by atoms with Crippen LogP contribution in [0.5, 0.6) is 0 Å². The van der Waals surface area contributed by atoms with E-state index in [2.05, 4.69) is 43.0 Å². The number of fused-ring (bicyclic) bond motifs is 1. The maximum Gasteiger partial charge on any atom is 0.0740 e. The molecular formula is C15H22N2S. The fourth-order valence-corrected chi connectivity index (χ4v) is 2.71. The Labute approximate surface area is 115 Å². The fourth-order valence-electron chi connectivity index (χ4n) is 2.62. The summed E-state index contributed by atoms with van der Waals surface area (Å²) < 4.78 is 0. The zero-order chi connectivity index (χ0) is 13.1. The van der Waals surface area contributed by atoms with Crippen LogP contribution in [0.25, 0.3) is 0 Å². The van der Waals surface area contributed by atoms with E-state index >= 15 is 0 Å². The van der Waals surface area contributed by atoms with Gasteiger partial charge < -0.3 is 5.73 Å². The standard InChI is InChI=1S/C15H22N2S/c1-11(2)17(8-7-15(16)18)10-13-9-12-5-3-4-6-14(12)13/h3-6,11,13H,7-10H2,1-2H3,(H2,16,18). The van der Waals surface area contributed by atoms with E-state index in [9.17, 15) is 0 Å². The monoisotopic (exact) mass is 262 g/mol. The zero-order valence-electron chi connectivity index (χ0n) is 11.2. The number of rotatable bonds is 6. The van der Waals surface area contributed by atoms with Crippen LogP contribution in [0.15, 0.2) is 24.3 Å². The number of benzene rings is 1. The highest BCUT2D eigenvalue weighted by atomic mass is 32.1. The van der Waals surface area contributed by atoms with Gasteiger partial charge in [-0.3, -0.25) is 4.90 Å². The summed E-state index contributed by atoms with van der Waals surface area (Å²) in [6, 6.07) is 9.31. The summed E-state index contributed by atoms with van der Waals surface area (Å²) in [5.74, 6) is 0.690. The number of nitrogens with zero attached hydrogens (tertiary/aromatic N) is 1. The molecule has 98 valence electrons. The zero-order valence-corrected chi connectivity index (χ0v) is 12.0. The van der Waals surface area contributed by atoms with E-state index in [1.807, 2.05) is 0 Å². The Hall–Kier alpha value is -0.930. The third-order valence-electron chi connectivity index (χ3n) is 3.79. The van der Waals surface area contributed by atoms with E-state index in [0.717, 1.165) is 19.5 Å². The van der Waals surface area contributed by atoms with Crippen molar-refractivity contribution in [3.8, 4) is 0 Å². The van der Waals surface area contributed by atoms with Crippen molar-refractivity contribution in [3.05, 3.63) is 35.4 Å². The molecule has 18 heavy (non-hydrogen) atoms. The molecule has 0 fully saturated rings. The minimum Gasteiger partial charge on any atom is -0.393 e. The van der Waals surface area contributed by atoms with Crippen molar-refractivity contribution in [2.24, 2.45) is 5.73 Å². The van der Waals surface area contributed by atoms with Gasteiger partial charge in [-0.05, 0) is 31.4 Å². The van der Waals surface area contributed by atoms with Crippen molar-refractivity contribution in [3.63, 3.8) is 0 Å². The molecule has 1 aliphatic carbocycles. The molecule has 0 bridgehead atoms. The summed E-state index contributed by atoms with van der Waals surface area (Å²) in [5.41, 5.74) is 8.64. The van der Waals surface area contributed by atoms with E-state index < -0.39 is 0 Å². The Morgan fingerprint density at radius 3 is 2.78 bits per heavy atom. The minimum atomic E-state index is 0.548. The third kappa shape index (κ3) is 3.09. The van der Waals surface area contributed by atoms with Gasteiger partial charge >= 0.3 is 0 Å². The van der Waals surface area contributed by atoms with Crippen molar-refractivity contribution in [2.45, 2.75) is 38.6 Å². The highest BCUT2D eigenvalue weighted by Gasteiger charge is 2.27. The largest absolute Gasteiger partial charge is 0.393 e. The lowest BCUT2D eigenvalue weighted by Crippen LogP contribution is -2.39. The van der Waals surface area contributed by atoms with Gasteiger partial charge in [-0.25, -0.2) is 0 Å². The van der Waals surface area contributed by atoms with Gasteiger partial charge in [-0.1, -0.05) is 36.5 Å². The number of thiocarbonyl (C=S) groups is 1. The van der Waals surface area contributed by atoms with Gasteiger partial charge in [-0.15, -0.1) is 0 Å². The highest BCUT2D eigenvalue weighted by Crippen LogP contribution is 2.35.